The summed E-state index contributed by atoms with van der Waals surface area (Å²) in [5.74, 6) is -0.691. The zero-order valence-corrected chi connectivity index (χ0v) is 21.3. The molecule has 6 nitrogen and oxygen atoms in total. The molecule has 2 heterocycles. The van der Waals surface area contributed by atoms with E-state index < -0.39 is 0 Å². The lowest BCUT2D eigenvalue weighted by Gasteiger charge is -2.13. The Morgan fingerprint density at radius 3 is 2.69 bits per heavy atom. The van der Waals surface area contributed by atoms with Crippen molar-refractivity contribution in [1.29, 1.82) is 0 Å². The second-order valence-corrected chi connectivity index (χ2v) is 11.2. The number of nitrogens with one attached hydrogen (secondary N) is 1. The number of benzene rings is 2. The van der Waals surface area contributed by atoms with E-state index in [0.717, 1.165) is 0 Å². The first-order valence-corrected chi connectivity index (χ1v) is 13.4. The lowest BCUT2D eigenvalue weighted by molar-refractivity contribution is -0.122. The fourth-order valence-electron chi connectivity index (χ4n) is 3.06. The summed E-state index contributed by atoms with van der Waals surface area (Å²) in [5.41, 5.74) is 1.27. The van der Waals surface area contributed by atoms with E-state index in [9.17, 15) is 18.4 Å². The molecule has 1 aliphatic rings. The van der Waals surface area contributed by atoms with Crippen LogP contribution in [-0.4, -0.2) is 37.8 Å². The van der Waals surface area contributed by atoms with E-state index in [1.165, 1.54) is 58.0 Å². The van der Waals surface area contributed by atoms with Crippen LogP contribution in [0.15, 0.2) is 57.8 Å². The van der Waals surface area contributed by atoms with Gasteiger partial charge in [0.15, 0.2) is 4.34 Å². The van der Waals surface area contributed by atoms with Gasteiger partial charge in [-0.15, -0.1) is 10.2 Å². The lowest BCUT2D eigenvalue weighted by Crippen LogP contribution is -2.29. The molecule has 180 valence electrons. The number of amides is 2. The third-order valence-electron chi connectivity index (χ3n) is 4.79. The highest BCUT2D eigenvalue weighted by Crippen LogP contribution is 2.33. The molecule has 3 aromatic rings. The number of halogens is 2. The van der Waals surface area contributed by atoms with Crippen LogP contribution in [0.5, 0.6) is 0 Å². The van der Waals surface area contributed by atoms with Crippen molar-refractivity contribution in [2.24, 2.45) is 0 Å². The largest absolute Gasteiger partial charge is 0.301 e. The van der Waals surface area contributed by atoms with Gasteiger partial charge < -0.3 is 5.32 Å². The Balaban J connectivity index is 1.23. The lowest BCUT2D eigenvalue weighted by atomic mass is 10.2. The van der Waals surface area contributed by atoms with Gasteiger partial charge in [0, 0.05) is 18.7 Å². The number of aromatic nitrogens is 2. The topological polar surface area (TPSA) is 75.2 Å². The zero-order chi connectivity index (χ0) is 24.8. The van der Waals surface area contributed by atoms with Crippen molar-refractivity contribution < 1.29 is 18.4 Å². The Hall–Kier alpha value is -2.67. The van der Waals surface area contributed by atoms with Crippen molar-refractivity contribution in [2.45, 2.75) is 22.9 Å². The average molecular weight is 549 g/mol. The maximum Gasteiger partial charge on any atom is 0.266 e. The molecular formula is C23H18F2N4O2S4. The first-order valence-electron chi connectivity index (χ1n) is 10.4. The van der Waals surface area contributed by atoms with Crippen molar-refractivity contribution >= 4 is 74.4 Å². The summed E-state index contributed by atoms with van der Waals surface area (Å²) in [6.45, 7) is 0.304. The molecule has 2 aromatic carbocycles. The molecule has 4 rings (SSSR count). The molecule has 0 radical (unpaired) electrons. The highest BCUT2D eigenvalue weighted by molar-refractivity contribution is 8.26. The number of carbonyl (C=O) groups excluding carboxylic acids is 2. The summed E-state index contributed by atoms with van der Waals surface area (Å²) in [4.78, 5) is 26.9. The third-order valence-corrected chi connectivity index (χ3v) is 8.19. The summed E-state index contributed by atoms with van der Waals surface area (Å²) in [5, 5.41) is 11.0. The Morgan fingerprint density at radius 2 is 1.91 bits per heavy atom. The Morgan fingerprint density at radius 1 is 1.14 bits per heavy atom. The van der Waals surface area contributed by atoms with Gasteiger partial charge in [-0.3, -0.25) is 14.5 Å². The fraction of sp³-hybridized carbons (Fsp3) is 0.174. The maximum absolute atomic E-state index is 13.7. The van der Waals surface area contributed by atoms with E-state index in [4.69, 9.17) is 12.2 Å². The van der Waals surface area contributed by atoms with Crippen LogP contribution in [0.1, 0.15) is 24.0 Å². The summed E-state index contributed by atoms with van der Waals surface area (Å²) < 4.78 is 27.9. The first kappa shape index (κ1) is 25.4. The predicted molar refractivity (Wildman–Crippen MR) is 140 cm³/mol. The molecule has 0 spiro atoms. The molecule has 2 amide bonds. The minimum Gasteiger partial charge on any atom is -0.301 e. The highest BCUT2D eigenvalue weighted by atomic mass is 32.2. The second kappa shape index (κ2) is 11.8. The summed E-state index contributed by atoms with van der Waals surface area (Å²) in [6, 6.07) is 12.4. The van der Waals surface area contributed by atoms with Gasteiger partial charge >= 0.3 is 0 Å². The standard InChI is InChI=1S/C23H18F2N4O2S4/c24-16-9-7-14(8-10-16)12-18-20(31)29(23(32)34-18)11-3-6-19(30)26-21-27-28-22(35-21)33-13-15-4-1-2-5-17(15)25/h1-2,4-5,7-10,12H,3,6,11,13H2,(H,26,27,30)/b18-12-. The van der Waals surface area contributed by atoms with Gasteiger partial charge in [-0.2, -0.15) is 0 Å². The minimum atomic E-state index is -0.348. The van der Waals surface area contributed by atoms with Crippen LogP contribution >= 0.6 is 47.1 Å². The van der Waals surface area contributed by atoms with Crippen molar-refractivity contribution in [3.63, 3.8) is 0 Å². The summed E-state index contributed by atoms with van der Waals surface area (Å²) in [7, 11) is 0. The van der Waals surface area contributed by atoms with E-state index >= 15 is 0 Å². The van der Waals surface area contributed by atoms with Crippen LogP contribution in [-0.2, 0) is 15.3 Å². The molecule has 0 bridgehead atoms. The number of anilines is 1. The van der Waals surface area contributed by atoms with E-state index in [1.54, 1.807) is 36.4 Å². The van der Waals surface area contributed by atoms with Crippen LogP contribution in [0, 0.1) is 11.6 Å². The van der Waals surface area contributed by atoms with Gasteiger partial charge in [-0.05, 0) is 41.8 Å². The maximum atomic E-state index is 13.7. The fourth-order valence-corrected chi connectivity index (χ4v) is 6.12. The van der Waals surface area contributed by atoms with Crippen LogP contribution in [0.2, 0.25) is 0 Å². The molecule has 35 heavy (non-hydrogen) atoms. The number of hydrogen-bond acceptors (Lipinski definition) is 8. The van der Waals surface area contributed by atoms with Crippen molar-refractivity contribution in [1.82, 2.24) is 15.1 Å². The molecule has 0 atom stereocenters. The average Bonchev–Trinajstić information content (AvgIpc) is 3.39. The van der Waals surface area contributed by atoms with Gasteiger partial charge in [-0.25, -0.2) is 8.78 Å². The van der Waals surface area contributed by atoms with E-state index in [2.05, 4.69) is 15.5 Å². The molecule has 0 aliphatic carbocycles. The quantitative estimate of drug-likeness (QED) is 0.158. The first-order chi connectivity index (χ1) is 16.9. The van der Waals surface area contributed by atoms with Crippen molar-refractivity contribution in [3.05, 3.63) is 76.2 Å². The number of thiocarbonyl (C=S) groups is 1. The Labute approximate surface area is 218 Å². The molecule has 0 saturated carbocycles. The van der Waals surface area contributed by atoms with Gasteiger partial charge in [0.25, 0.3) is 5.91 Å². The van der Waals surface area contributed by atoms with Crippen LogP contribution in [0.25, 0.3) is 6.08 Å². The Kier molecular flexibility index (Phi) is 8.60. The monoisotopic (exact) mass is 548 g/mol. The molecule has 1 fully saturated rings. The van der Waals surface area contributed by atoms with Crippen molar-refractivity contribution in [2.75, 3.05) is 11.9 Å². The zero-order valence-electron chi connectivity index (χ0n) is 18.1. The van der Waals surface area contributed by atoms with Crippen molar-refractivity contribution in [3.8, 4) is 0 Å². The molecular weight excluding hydrogens is 531 g/mol. The van der Waals surface area contributed by atoms with Gasteiger partial charge in [0.1, 0.15) is 16.0 Å². The number of hydrogen-bond donors (Lipinski definition) is 1. The van der Waals surface area contributed by atoms with E-state index in [-0.39, 0.29) is 29.9 Å². The number of rotatable bonds is 9. The van der Waals surface area contributed by atoms with Gasteiger partial charge in [0.05, 0.1) is 4.91 Å². The minimum absolute atomic E-state index is 0.172. The summed E-state index contributed by atoms with van der Waals surface area (Å²) >= 11 is 9.05. The molecule has 1 saturated heterocycles. The smallest absolute Gasteiger partial charge is 0.266 e. The molecule has 1 N–H and O–H groups in total. The van der Waals surface area contributed by atoms with Crippen LogP contribution in [0.3, 0.4) is 0 Å². The van der Waals surface area contributed by atoms with Gasteiger partial charge in [0.2, 0.25) is 11.0 Å². The molecule has 12 heteroatoms. The molecule has 0 unspecified atom stereocenters. The third kappa shape index (κ3) is 6.94. The highest BCUT2D eigenvalue weighted by Gasteiger charge is 2.31. The van der Waals surface area contributed by atoms with Crippen LogP contribution < -0.4 is 5.32 Å². The number of thioether (sulfide) groups is 2. The van der Waals surface area contributed by atoms with Crippen LogP contribution in [0.4, 0.5) is 13.9 Å². The second-order valence-electron chi connectivity index (χ2n) is 7.29. The Bertz CT molecular complexity index is 1280. The predicted octanol–water partition coefficient (Wildman–Crippen LogP) is 5.73. The number of carbonyl (C=O) groups is 2. The number of nitrogens with zero attached hydrogens (tertiary/aromatic N) is 3. The SMILES string of the molecule is O=C(CCCN1C(=O)/C(=C/c2ccc(F)cc2)SC1=S)Nc1nnc(SCc2ccccc2F)s1. The summed E-state index contributed by atoms with van der Waals surface area (Å²) in [6.07, 6.45) is 2.25. The van der Waals surface area contributed by atoms with E-state index in [0.29, 0.717) is 48.5 Å². The molecule has 1 aliphatic heterocycles. The normalized spacial score (nSPS) is 14.7. The van der Waals surface area contributed by atoms with Gasteiger partial charge in [-0.1, -0.05) is 77.4 Å². The molecule has 1 aromatic heterocycles. The van der Waals surface area contributed by atoms with E-state index in [1.807, 2.05) is 0 Å².